The summed E-state index contributed by atoms with van der Waals surface area (Å²) in [7, 11) is 0. The zero-order valence-electron chi connectivity index (χ0n) is 11.9. The van der Waals surface area contributed by atoms with Crippen molar-refractivity contribution in [2.24, 2.45) is 11.8 Å². The van der Waals surface area contributed by atoms with Gasteiger partial charge < -0.3 is 9.64 Å². The van der Waals surface area contributed by atoms with E-state index in [1.807, 2.05) is 25.7 Å². The van der Waals surface area contributed by atoms with E-state index in [4.69, 9.17) is 4.74 Å². The van der Waals surface area contributed by atoms with Gasteiger partial charge in [-0.3, -0.25) is 0 Å². The zero-order valence-corrected chi connectivity index (χ0v) is 14.3. The Labute approximate surface area is 131 Å². The number of ether oxygens (including phenoxy) is 1. The van der Waals surface area contributed by atoms with Crippen molar-refractivity contribution in [3.05, 3.63) is 16.1 Å². The highest BCUT2D eigenvalue weighted by atomic mass is 79.9. The molecule has 2 atom stereocenters. The van der Waals surface area contributed by atoms with Crippen LogP contribution in [0.15, 0.2) is 5.38 Å². The summed E-state index contributed by atoms with van der Waals surface area (Å²) in [5.74, 6) is 1.72. The van der Waals surface area contributed by atoms with Crippen molar-refractivity contribution in [2.75, 3.05) is 13.1 Å². The van der Waals surface area contributed by atoms with Crippen LogP contribution in [0.4, 0.5) is 4.79 Å². The van der Waals surface area contributed by atoms with E-state index in [1.165, 1.54) is 5.01 Å². The van der Waals surface area contributed by atoms with Gasteiger partial charge in [0.1, 0.15) is 5.60 Å². The Morgan fingerprint density at radius 3 is 2.65 bits per heavy atom. The molecule has 20 heavy (non-hydrogen) atoms. The number of alkyl halides is 1. The molecule has 2 unspecified atom stereocenters. The van der Waals surface area contributed by atoms with Crippen LogP contribution in [-0.4, -0.2) is 34.7 Å². The summed E-state index contributed by atoms with van der Waals surface area (Å²) in [5, 5.41) is 4.16. The Balaban J connectivity index is 1.56. The number of hydrogen-bond acceptors (Lipinski definition) is 4. The molecule has 1 aromatic rings. The van der Waals surface area contributed by atoms with E-state index in [0.717, 1.165) is 24.1 Å². The summed E-state index contributed by atoms with van der Waals surface area (Å²) in [5.41, 5.74) is 0.697. The number of amides is 1. The fraction of sp³-hybridized carbons (Fsp3) is 0.714. The standard InChI is InChI=1S/C14H19BrN2O2S/c1-14(2,3)19-13(18)17-5-9-10(6-17)11(9)12-16-8(4-15)7-20-12/h7,9-11H,4-6H2,1-3H3. The number of nitrogens with zero attached hydrogens (tertiary/aromatic N) is 2. The monoisotopic (exact) mass is 358 g/mol. The molecule has 2 aliphatic rings. The lowest BCUT2D eigenvalue weighted by atomic mass is 10.2. The zero-order chi connectivity index (χ0) is 14.5. The third-order valence-electron chi connectivity index (χ3n) is 3.84. The van der Waals surface area contributed by atoms with Crippen LogP contribution >= 0.6 is 27.3 Å². The fourth-order valence-electron chi connectivity index (χ4n) is 2.91. The van der Waals surface area contributed by atoms with E-state index in [9.17, 15) is 4.79 Å². The molecule has 2 fully saturated rings. The van der Waals surface area contributed by atoms with Gasteiger partial charge in [0, 0.05) is 29.7 Å². The molecule has 1 saturated carbocycles. The number of thiazole rings is 1. The van der Waals surface area contributed by atoms with Gasteiger partial charge in [0.15, 0.2) is 0 Å². The van der Waals surface area contributed by atoms with E-state index in [0.29, 0.717) is 17.8 Å². The Hall–Kier alpha value is -0.620. The number of piperidine rings is 1. The van der Waals surface area contributed by atoms with Gasteiger partial charge in [-0.25, -0.2) is 9.78 Å². The van der Waals surface area contributed by atoms with E-state index in [1.54, 1.807) is 11.3 Å². The molecule has 0 aromatic carbocycles. The minimum absolute atomic E-state index is 0.177. The second-order valence-corrected chi connectivity index (χ2v) is 8.00. The SMILES string of the molecule is CC(C)(C)OC(=O)N1CC2C(C1)C2c1nc(CBr)cs1. The number of likely N-dealkylation sites (tertiary alicyclic amines) is 1. The predicted molar refractivity (Wildman–Crippen MR) is 82.3 cm³/mol. The topological polar surface area (TPSA) is 42.4 Å². The Morgan fingerprint density at radius 2 is 2.15 bits per heavy atom. The average molecular weight is 359 g/mol. The maximum atomic E-state index is 12.0. The predicted octanol–water partition coefficient (Wildman–Crippen LogP) is 3.62. The van der Waals surface area contributed by atoms with Crippen LogP contribution in [0.5, 0.6) is 0 Å². The maximum absolute atomic E-state index is 12.0. The molecule has 2 heterocycles. The van der Waals surface area contributed by atoms with Gasteiger partial charge in [0.25, 0.3) is 0 Å². The molecule has 0 spiro atoms. The Morgan fingerprint density at radius 1 is 1.50 bits per heavy atom. The summed E-state index contributed by atoms with van der Waals surface area (Å²) in [6, 6.07) is 0. The highest BCUT2D eigenvalue weighted by Gasteiger charge is 2.58. The molecule has 1 aromatic heterocycles. The van der Waals surface area contributed by atoms with E-state index in [2.05, 4.69) is 26.3 Å². The van der Waals surface area contributed by atoms with Crippen molar-refractivity contribution in [3.8, 4) is 0 Å². The summed E-state index contributed by atoms with van der Waals surface area (Å²) in [6.07, 6.45) is -0.177. The highest BCUT2D eigenvalue weighted by molar-refractivity contribution is 9.08. The quantitative estimate of drug-likeness (QED) is 0.758. The van der Waals surface area contributed by atoms with Crippen LogP contribution < -0.4 is 0 Å². The van der Waals surface area contributed by atoms with E-state index < -0.39 is 5.60 Å². The molecule has 0 N–H and O–H groups in total. The van der Waals surface area contributed by atoms with Gasteiger partial charge in [-0.1, -0.05) is 15.9 Å². The number of halogens is 1. The molecule has 1 aliphatic heterocycles. The van der Waals surface area contributed by atoms with Crippen molar-refractivity contribution < 1.29 is 9.53 Å². The first kappa shape index (κ1) is 14.3. The molecule has 0 radical (unpaired) electrons. The molecule has 6 heteroatoms. The third-order valence-corrected chi connectivity index (χ3v) is 5.41. The van der Waals surface area contributed by atoms with Crippen LogP contribution in [-0.2, 0) is 10.1 Å². The molecule has 1 aliphatic carbocycles. The maximum Gasteiger partial charge on any atom is 0.410 e. The first-order chi connectivity index (χ1) is 9.39. The van der Waals surface area contributed by atoms with Crippen molar-refractivity contribution in [1.82, 2.24) is 9.88 Å². The number of rotatable bonds is 2. The van der Waals surface area contributed by atoms with Crippen LogP contribution in [0.3, 0.4) is 0 Å². The van der Waals surface area contributed by atoms with Gasteiger partial charge in [0.05, 0.1) is 10.7 Å². The summed E-state index contributed by atoms with van der Waals surface area (Å²) < 4.78 is 5.42. The highest BCUT2D eigenvalue weighted by Crippen LogP contribution is 2.58. The molecular formula is C14H19BrN2O2S. The number of hydrogen-bond donors (Lipinski definition) is 0. The van der Waals surface area contributed by atoms with Crippen molar-refractivity contribution in [2.45, 2.75) is 37.6 Å². The number of aromatic nitrogens is 1. The van der Waals surface area contributed by atoms with Gasteiger partial charge in [-0.15, -0.1) is 11.3 Å². The lowest BCUT2D eigenvalue weighted by Crippen LogP contribution is -2.36. The van der Waals surface area contributed by atoms with Crippen molar-refractivity contribution >= 4 is 33.4 Å². The molecule has 4 nitrogen and oxygen atoms in total. The molecule has 1 amide bonds. The summed E-state index contributed by atoms with van der Waals surface area (Å²) in [6.45, 7) is 7.34. The number of carbonyl (C=O) groups excluding carboxylic acids is 1. The minimum atomic E-state index is -0.413. The Kier molecular flexibility index (Phi) is 3.57. The lowest BCUT2D eigenvalue weighted by molar-refractivity contribution is 0.0271. The molecular weight excluding hydrogens is 340 g/mol. The smallest absolute Gasteiger partial charge is 0.410 e. The van der Waals surface area contributed by atoms with Crippen molar-refractivity contribution in [1.29, 1.82) is 0 Å². The molecule has 1 saturated heterocycles. The largest absolute Gasteiger partial charge is 0.444 e. The van der Waals surface area contributed by atoms with Crippen LogP contribution in [0, 0.1) is 11.8 Å². The summed E-state index contributed by atoms with van der Waals surface area (Å²) >= 11 is 5.18. The van der Waals surface area contributed by atoms with Gasteiger partial charge in [-0.2, -0.15) is 0 Å². The van der Waals surface area contributed by atoms with Gasteiger partial charge >= 0.3 is 6.09 Å². The molecule has 110 valence electrons. The minimum Gasteiger partial charge on any atom is -0.444 e. The number of carbonyl (C=O) groups is 1. The molecule has 3 rings (SSSR count). The lowest BCUT2D eigenvalue weighted by Gasteiger charge is -2.25. The molecule has 0 bridgehead atoms. The average Bonchev–Trinajstić information content (AvgIpc) is 2.80. The van der Waals surface area contributed by atoms with Crippen molar-refractivity contribution in [3.63, 3.8) is 0 Å². The van der Waals surface area contributed by atoms with Crippen LogP contribution in [0.1, 0.15) is 37.4 Å². The first-order valence-electron chi connectivity index (χ1n) is 6.87. The summed E-state index contributed by atoms with van der Waals surface area (Å²) in [4.78, 5) is 18.5. The second kappa shape index (κ2) is 4.98. The number of fused-ring (bicyclic) bond motifs is 1. The van der Waals surface area contributed by atoms with E-state index in [-0.39, 0.29) is 6.09 Å². The van der Waals surface area contributed by atoms with E-state index >= 15 is 0 Å². The third kappa shape index (κ3) is 2.72. The normalized spacial score (nSPS) is 28.4. The first-order valence-corrected chi connectivity index (χ1v) is 8.87. The van der Waals surface area contributed by atoms with Crippen LogP contribution in [0.2, 0.25) is 0 Å². The van der Waals surface area contributed by atoms with Gasteiger partial charge in [-0.05, 0) is 32.6 Å². The fourth-order valence-corrected chi connectivity index (χ4v) is 4.48. The second-order valence-electron chi connectivity index (χ2n) is 6.55. The van der Waals surface area contributed by atoms with Gasteiger partial charge in [0.2, 0.25) is 0 Å². The Bertz CT molecular complexity index is 513. The van der Waals surface area contributed by atoms with Crippen LogP contribution in [0.25, 0.3) is 0 Å².